The lowest BCUT2D eigenvalue weighted by Gasteiger charge is -2.27. The van der Waals surface area contributed by atoms with Gasteiger partial charge >= 0.3 is 0 Å². The molecule has 0 spiro atoms. The standard InChI is InChI=1S/C54H35NO/c1-2-13-41-35-44(23-22-36(41)10-1)43-16-7-15-42(34-43)37-24-29-45(30-25-37)55(46-31-26-40(27-32-46)48-19-8-14-38-11-3-5-17-47(38)48)51-20-9-21-52-53(51)50-33-28-39-12-4-6-18-49(39)54(50)56-52/h1-35H/i3D,5D,8D,11D,14D,17D,19D,26D,27D,31D,32D. The van der Waals surface area contributed by atoms with Gasteiger partial charge in [0.1, 0.15) is 11.2 Å². The van der Waals surface area contributed by atoms with Crippen LogP contribution in [0.1, 0.15) is 15.1 Å². The van der Waals surface area contributed by atoms with Crippen molar-refractivity contribution in [2.45, 2.75) is 0 Å². The lowest BCUT2D eigenvalue weighted by molar-refractivity contribution is 0.672. The molecule has 2 heteroatoms. The Labute approximate surface area is 340 Å². The van der Waals surface area contributed by atoms with E-state index in [0.29, 0.717) is 27.9 Å². The first-order valence-corrected chi connectivity index (χ1v) is 18.3. The van der Waals surface area contributed by atoms with Gasteiger partial charge in [-0.15, -0.1) is 0 Å². The molecular formula is C54H35NO. The summed E-state index contributed by atoms with van der Waals surface area (Å²) < 4.78 is 106. The molecule has 0 N–H and O–H groups in total. The second-order valence-electron chi connectivity index (χ2n) is 13.7. The van der Waals surface area contributed by atoms with Gasteiger partial charge in [-0.05, 0) is 115 Å². The van der Waals surface area contributed by atoms with E-state index in [-0.39, 0.29) is 22.0 Å². The number of hydrogen-bond donors (Lipinski definition) is 0. The molecular weight excluding hydrogens is 679 g/mol. The fraction of sp³-hybridized carbons (Fsp3) is 0. The molecule has 1 heterocycles. The fourth-order valence-electron chi connectivity index (χ4n) is 7.70. The lowest BCUT2D eigenvalue weighted by atomic mass is 9.97. The van der Waals surface area contributed by atoms with E-state index in [4.69, 9.17) is 14.0 Å². The highest BCUT2D eigenvalue weighted by molar-refractivity contribution is 6.19. The largest absolute Gasteiger partial charge is 0.455 e. The fourth-order valence-corrected chi connectivity index (χ4v) is 7.70. The Morgan fingerprint density at radius 2 is 1.09 bits per heavy atom. The first-order chi connectivity index (χ1) is 32.3. The van der Waals surface area contributed by atoms with Crippen LogP contribution in [0.15, 0.2) is 216 Å². The zero-order chi connectivity index (χ0) is 46.6. The van der Waals surface area contributed by atoms with Gasteiger partial charge in [0.25, 0.3) is 0 Å². The van der Waals surface area contributed by atoms with E-state index in [1.54, 1.807) is 11.0 Å². The Hall–Kier alpha value is -7.42. The van der Waals surface area contributed by atoms with Crippen molar-refractivity contribution in [3.63, 3.8) is 0 Å². The highest BCUT2D eigenvalue weighted by Gasteiger charge is 2.21. The minimum absolute atomic E-state index is 0.131. The molecule has 0 aliphatic heterocycles. The molecule has 11 aromatic rings. The van der Waals surface area contributed by atoms with Crippen molar-refractivity contribution in [1.29, 1.82) is 0 Å². The Morgan fingerprint density at radius 3 is 1.96 bits per heavy atom. The number of rotatable bonds is 6. The quantitative estimate of drug-likeness (QED) is 0.170. The van der Waals surface area contributed by atoms with Crippen LogP contribution in [0, 0.1) is 0 Å². The Morgan fingerprint density at radius 1 is 0.393 bits per heavy atom. The molecule has 10 aromatic carbocycles. The highest BCUT2D eigenvalue weighted by Crippen LogP contribution is 2.45. The molecule has 11 rings (SSSR count). The summed E-state index contributed by atoms with van der Waals surface area (Å²) in [5, 5.41) is 4.91. The topological polar surface area (TPSA) is 16.4 Å². The maximum atomic E-state index is 9.72. The van der Waals surface area contributed by atoms with Crippen LogP contribution in [0.2, 0.25) is 0 Å². The van der Waals surface area contributed by atoms with Gasteiger partial charge in [0, 0.05) is 22.1 Å². The van der Waals surface area contributed by atoms with Crippen molar-refractivity contribution in [1.82, 2.24) is 0 Å². The lowest BCUT2D eigenvalue weighted by Crippen LogP contribution is -2.10. The molecule has 0 amide bonds. The minimum atomic E-state index is -0.677. The monoisotopic (exact) mass is 724 g/mol. The molecule has 2 nitrogen and oxygen atoms in total. The molecule has 0 saturated heterocycles. The van der Waals surface area contributed by atoms with Crippen molar-refractivity contribution in [3.05, 3.63) is 212 Å². The summed E-state index contributed by atoms with van der Waals surface area (Å²) in [7, 11) is 0. The van der Waals surface area contributed by atoms with E-state index in [2.05, 4.69) is 42.5 Å². The third-order valence-electron chi connectivity index (χ3n) is 10.4. The van der Waals surface area contributed by atoms with Crippen molar-refractivity contribution >= 4 is 71.3 Å². The summed E-state index contributed by atoms with van der Waals surface area (Å²) in [6, 6.07) is 41.1. The Kier molecular flexibility index (Phi) is 5.34. The minimum Gasteiger partial charge on any atom is -0.455 e. The van der Waals surface area contributed by atoms with E-state index in [1.165, 1.54) is 0 Å². The molecule has 1 aromatic heterocycles. The SMILES string of the molecule is [2H]c1c([2H])c(N(c2ccc(-c3cccc(-c4ccc5ccccc5c4)c3)cc2)c2cccc3oc4c5ccccc5ccc4c23)c([2H])c([2H])c1-c1c([2H])c([2H])c([2H])c2c([2H])c([2H])c([2H])c([2H])c12. The van der Waals surface area contributed by atoms with Crippen LogP contribution < -0.4 is 4.90 Å². The van der Waals surface area contributed by atoms with Gasteiger partial charge in [0.2, 0.25) is 0 Å². The summed E-state index contributed by atoms with van der Waals surface area (Å²) in [6.45, 7) is 0. The number of anilines is 3. The van der Waals surface area contributed by atoms with E-state index in [0.717, 1.165) is 49.2 Å². The highest BCUT2D eigenvalue weighted by atomic mass is 16.3. The van der Waals surface area contributed by atoms with Crippen LogP contribution in [0.5, 0.6) is 0 Å². The molecule has 0 bridgehead atoms. The third-order valence-corrected chi connectivity index (χ3v) is 10.4. The summed E-state index contributed by atoms with van der Waals surface area (Å²) in [5.74, 6) is 0. The van der Waals surface area contributed by atoms with Gasteiger partial charge in [-0.3, -0.25) is 0 Å². The molecule has 0 saturated carbocycles. The first-order valence-electron chi connectivity index (χ1n) is 23.8. The molecule has 0 radical (unpaired) electrons. The van der Waals surface area contributed by atoms with Crippen molar-refractivity contribution in [3.8, 4) is 33.4 Å². The molecule has 56 heavy (non-hydrogen) atoms. The summed E-state index contributed by atoms with van der Waals surface area (Å²) in [5.41, 5.74) is 5.18. The summed E-state index contributed by atoms with van der Waals surface area (Å²) >= 11 is 0. The van der Waals surface area contributed by atoms with Crippen molar-refractivity contribution in [2.75, 3.05) is 4.90 Å². The zero-order valence-electron chi connectivity index (χ0n) is 40.7. The second-order valence-corrected chi connectivity index (χ2v) is 13.7. The maximum Gasteiger partial charge on any atom is 0.143 e. The molecule has 0 atom stereocenters. The molecule has 262 valence electrons. The van der Waals surface area contributed by atoms with Crippen LogP contribution in [0.4, 0.5) is 17.1 Å². The number of furan rings is 1. The number of nitrogens with zero attached hydrogens (tertiary/aromatic N) is 1. The van der Waals surface area contributed by atoms with E-state index < -0.39 is 72.0 Å². The Balaban J connectivity index is 1.14. The first kappa shape index (κ1) is 22.7. The third kappa shape index (κ3) is 5.42. The second kappa shape index (κ2) is 13.2. The number of hydrogen-bond acceptors (Lipinski definition) is 2. The van der Waals surface area contributed by atoms with Gasteiger partial charge < -0.3 is 9.32 Å². The van der Waals surface area contributed by atoms with Crippen LogP contribution in [0.3, 0.4) is 0 Å². The maximum absolute atomic E-state index is 9.72. The van der Waals surface area contributed by atoms with E-state index in [1.807, 2.05) is 97.1 Å². The van der Waals surface area contributed by atoms with Gasteiger partial charge in [0.15, 0.2) is 0 Å². The number of fused-ring (bicyclic) bond motifs is 7. The van der Waals surface area contributed by atoms with Crippen molar-refractivity contribution in [2.24, 2.45) is 0 Å². The van der Waals surface area contributed by atoms with Gasteiger partial charge in [-0.25, -0.2) is 0 Å². The normalized spacial score (nSPS) is 14.3. The molecule has 0 aliphatic carbocycles. The summed E-state index contributed by atoms with van der Waals surface area (Å²) in [6.07, 6.45) is 0. The van der Waals surface area contributed by atoms with Crippen LogP contribution >= 0.6 is 0 Å². The van der Waals surface area contributed by atoms with Gasteiger partial charge in [0.05, 0.1) is 26.2 Å². The van der Waals surface area contributed by atoms with E-state index in [9.17, 15) is 5.48 Å². The van der Waals surface area contributed by atoms with Crippen LogP contribution in [0.25, 0.3) is 87.6 Å². The molecule has 0 aliphatic rings. The van der Waals surface area contributed by atoms with Crippen LogP contribution in [-0.4, -0.2) is 0 Å². The zero-order valence-corrected chi connectivity index (χ0v) is 29.7. The number of benzene rings is 10. The van der Waals surface area contributed by atoms with E-state index >= 15 is 0 Å². The van der Waals surface area contributed by atoms with Crippen LogP contribution in [-0.2, 0) is 0 Å². The predicted octanol–water partition coefficient (Wildman–Crippen LogP) is 15.5. The van der Waals surface area contributed by atoms with Gasteiger partial charge in [-0.2, -0.15) is 0 Å². The average molecular weight is 725 g/mol. The summed E-state index contributed by atoms with van der Waals surface area (Å²) in [4.78, 5) is 1.67. The van der Waals surface area contributed by atoms with Crippen molar-refractivity contribution < 1.29 is 19.5 Å². The van der Waals surface area contributed by atoms with Gasteiger partial charge in [-0.1, -0.05) is 158 Å². The molecule has 0 fully saturated rings. The molecule has 0 unspecified atom stereocenters. The Bertz CT molecular complexity index is 3870. The average Bonchev–Trinajstić information content (AvgIpc) is 3.75. The predicted molar refractivity (Wildman–Crippen MR) is 237 cm³/mol. The smallest absolute Gasteiger partial charge is 0.143 e.